The highest BCUT2D eigenvalue weighted by Gasteiger charge is 2.24. The Morgan fingerprint density at radius 1 is 1.28 bits per heavy atom. The van der Waals surface area contributed by atoms with Crippen molar-refractivity contribution in [3.05, 3.63) is 36.5 Å². The summed E-state index contributed by atoms with van der Waals surface area (Å²) in [4.78, 5) is 6.86. The smallest absolute Gasteiger partial charge is 0.0722 e. The van der Waals surface area contributed by atoms with Crippen LogP contribution in [-0.4, -0.2) is 24.1 Å². The summed E-state index contributed by atoms with van der Waals surface area (Å²) in [5, 5.41) is 1.24. The number of aromatic nitrogens is 1. The van der Waals surface area contributed by atoms with E-state index in [2.05, 4.69) is 41.1 Å². The minimum absolute atomic E-state index is 0.342. The van der Waals surface area contributed by atoms with Gasteiger partial charge in [0.2, 0.25) is 0 Å². The maximum absolute atomic E-state index is 6.09. The first-order chi connectivity index (χ1) is 8.75. The Morgan fingerprint density at radius 3 is 3.00 bits per heavy atom. The molecule has 0 radical (unpaired) electrons. The maximum atomic E-state index is 6.09. The standard InChI is InChI=1S/C15H19N3/c1-11-10-18(9-7-13(11)16)15-6-2-5-14-12(15)4-3-8-17-14/h2-6,8,11,13H,7,9-10,16H2,1H3. The fraction of sp³-hybridized carbons (Fsp3) is 0.400. The zero-order valence-electron chi connectivity index (χ0n) is 10.7. The molecular weight excluding hydrogens is 222 g/mol. The van der Waals surface area contributed by atoms with Crippen LogP contribution in [-0.2, 0) is 0 Å². The first kappa shape index (κ1) is 11.5. The van der Waals surface area contributed by atoms with Gasteiger partial charge < -0.3 is 10.6 Å². The molecule has 3 heteroatoms. The summed E-state index contributed by atoms with van der Waals surface area (Å²) >= 11 is 0. The number of hydrogen-bond acceptors (Lipinski definition) is 3. The molecule has 1 saturated heterocycles. The van der Waals surface area contributed by atoms with E-state index in [-0.39, 0.29) is 0 Å². The zero-order chi connectivity index (χ0) is 12.5. The third kappa shape index (κ3) is 1.95. The number of hydrogen-bond donors (Lipinski definition) is 1. The van der Waals surface area contributed by atoms with Gasteiger partial charge in [-0.25, -0.2) is 0 Å². The maximum Gasteiger partial charge on any atom is 0.0722 e. The average Bonchev–Trinajstić information content (AvgIpc) is 2.41. The molecule has 2 atom stereocenters. The van der Waals surface area contributed by atoms with E-state index >= 15 is 0 Å². The Hall–Kier alpha value is -1.61. The van der Waals surface area contributed by atoms with E-state index in [0.717, 1.165) is 25.0 Å². The number of rotatable bonds is 1. The summed E-state index contributed by atoms with van der Waals surface area (Å²) in [6, 6.07) is 10.8. The van der Waals surface area contributed by atoms with Crippen LogP contribution in [0.25, 0.3) is 10.9 Å². The molecule has 3 nitrogen and oxygen atoms in total. The number of nitrogens with zero attached hydrogens (tertiary/aromatic N) is 2. The third-order valence-electron chi connectivity index (χ3n) is 3.93. The highest BCUT2D eigenvalue weighted by molar-refractivity contribution is 5.91. The molecular formula is C15H19N3. The summed E-state index contributed by atoms with van der Waals surface area (Å²) < 4.78 is 0. The molecule has 1 aliphatic rings. The molecule has 94 valence electrons. The minimum Gasteiger partial charge on any atom is -0.371 e. The summed E-state index contributed by atoms with van der Waals surface area (Å²) in [5.41, 5.74) is 8.45. The van der Waals surface area contributed by atoms with Crippen molar-refractivity contribution in [1.82, 2.24) is 4.98 Å². The van der Waals surface area contributed by atoms with Gasteiger partial charge >= 0.3 is 0 Å². The Labute approximate surface area is 108 Å². The van der Waals surface area contributed by atoms with Crippen LogP contribution >= 0.6 is 0 Å². The Balaban J connectivity index is 1.99. The second-order valence-electron chi connectivity index (χ2n) is 5.22. The van der Waals surface area contributed by atoms with Crippen LogP contribution in [0, 0.1) is 5.92 Å². The monoisotopic (exact) mass is 241 g/mol. The molecule has 2 aromatic rings. The van der Waals surface area contributed by atoms with E-state index in [4.69, 9.17) is 5.73 Å². The van der Waals surface area contributed by atoms with Crippen LogP contribution in [0.15, 0.2) is 36.5 Å². The van der Waals surface area contributed by atoms with Gasteiger partial charge in [0.15, 0.2) is 0 Å². The van der Waals surface area contributed by atoms with Crippen molar-refractivity contribution in [1.29, 1.82) is 0 Å². The lowest BCUT2D eigenvalue weighted by Gasteiger charge is -2.37. The SMILES string of the molecule is CC1CN(c2cccc3ncccc23)CCC1N. The van der Waals surface area contributed by atoms with Crippen molar-refractivity contribution in [2.75, 3.05) is 18.0 Å². The number of nitrogens with two attached hydrogens (primary N) is 1. The number of benzene rings is 1. The molecule has 1 aliphatic heterocycles. The second kappa shape index (κ2) is 4.58. The molecule has 0 spiro atoms. The fourth-order valence-corrected chi connectivity index (χ4v) is 2.75. The van der Waals surface area contributed by atoms with Crippen molar-refractivity contribution < 1.29 is 0 Å². The Kier molecular flexibility index (Phi) is 2.92. The molecule has 0 amide bonds. The molecule has 18 heavy (non-hydrogen) atoms. The predicted octanol–water partition coefficient (Wildman–Crippen LogP) is 2.41. The quantitative estimate of drug-likeness (QED) is 0.833. The normalized spacial score (nSPS) is 24.4. The first-order valence-electron chi connectivity index (χ1n) is 6.60. The average molecular weight is 241 g/mol. The van der Waals surface area contributed by atoms with Crippen LogP contribution in [0.5, 0.6) is 0 Å². The lowest BCUT2D eigenvalue weighted by atomic mass is 9.94. The third-order valence-corrected chi connectivity index (χ3v) is 3.93. The zero-order valence-corrected chi connectivity index (χ0v) is 10.7. The molecule has 1 aromatic carbocycles. The van der Waals surface area contributed by atoms with Crippen LogP contribution < -0.4 is 10.6 Å². The van der Waals surface area contributed by atoms with Crippen molar-refractivity contribution in [2.45, 2.75) is 19.4 Å². The minimum atomic E-state index is 0.342. The summed E-state index contributed by atoms with van der Waals surface area (Å²) in [6.45, 7) is 4.31. The lowest BCUT2D eigenvalue weighted by Crippen LogP contribution is -2.46. The first-order valence-corrected chi connectivity index (χ1v) is 6.60. The van der Waals surface area contributed by atoms with Gasteiger partial charge in [-0.2, -0.15) is 0 Å². The van der Waals surface area contributed by atoms with Gasteiger partial charge in [-0.05, 0) is 36.6 Å². The van der Waals surface area contributed by atoms with E-state index < -0.39 is 0 Å². The van der Waals surface area contributed by atoms with Gasteiger partial charge in [0.25, 0.3) is 0 Å². The predicted molar refractivity (Wildman–Crippen MR) is 75.7 cm³/mol. The number of piperidine rings is 1. The lowest BCUT2D eigenvalue weighted by molar-refractivity contribution is 0.383. The van der Waals surface area contributed by atoms with Crippen LogP contribution in [0.4, 0.5) is 5.69 Å². The summed E-state index contributed by atoms with van der Waals surface area (Å²) in [5.74, 6) is 0.547. The van der Waals surface area contributed by atoms with Gasteiger partial charge in [0.1, 0.15) is 0 Å². The van der Waals surface area contributed by atoms with Gasteiger partial charge in [0.05, 0.1) is 5.52 Å². The Morgan fingerprint density at radius 2 is 2.17 bits per heavy atom. The molecule has 1 fully saturated rings. The second-order valence-corrected chi connectivity index (χ2v) is 5.22. The van der Waals surface area contributed by atoms with E-state index in [9.17, 15) is 0 Å². The summed E-state index contributed by atoms with van der Waals surface area (Å²) in [6.07, 6.45) is 2.92. The van der Waals surface area contributed by atoms with Crippen molar-refractivity contribution >= 4 is 16.6 Å². The molecule has 2 N–H and O–H groups in total. The van der Waals surface area contributed by atoms with Crippen molar-refractivity contribution in [3.8, 4) is 0 Å². The fourth-order valence-electron chi connectivity index (χ4n) is 2.75. The van der Waals surface area contributed by atoms with E-state index in [0.29, 0.717) is 12.0 Å². The van der Waals surface area contributed by atoms with Crippen LogP contribution in [0.1, 0.15) is 13.3 Å². The highest BCUT2D eigenvalue weighted by atomic mass is 15.1. The number of pyridine rings is 1. The van der Waals surface area contributed by atoms with Crippen LogP contribution in [0.3, 0.4) is 0 Å². The van der Waals surface area contributed by atoms with Gasteiger partial charge in [-0.1, -0.05) is 13.0 Å². The van der Waals surface area contributed by atoms with Gasteiger partial charge in [0, 0.05) is 36.4 Å². The Bertz CT molecular complexity index is 547. The summed E-state index contributed by atoms with van der Waals surface area (Å²) in [7, 11) is 0. The molecule has 2 heterocycles. The molecule has 0 bridgehead atoms. The van der Waals surface area contributed by atoms with E-state index in [1.54, 1.807) is 0 Å². The van der Waals surface area contributed by atoms with E-state index in [1.807, 2.05) is 12.3 Å². The topological polar surface area (TPSA) is 42.2 Å². The van der Waals surface area contributed by atoms with Gasteiger partial charge in [-0.3, -0.25) is 4.98 Å². The molecule has 0 aliphatic carbocycles. The number of fused-ring (bicyclic) bond motifs is 1. The molecule has 3 rings (SSSR count). The van der Waals surface area contributed by atoms with E-state index in [1.165, 1.54) is 11.1 Å². The van der Waals surface area contributed by atoms with Crippen molar-refractivity contribution in [3.63, 3.8) is 0 Å². The van der Waals surface area contributed by atoms with Crippen LogP contribution in [0.2, 0.25) is 0 Å². The highest BCUT2D eigenvalue weighted by Crippen LogP contribution is 2.28. The molecule has 1 aromatic heterocycles. The molecule has 0 saturated carbocycles. The molecule has 2 unspecified atom stereocenters. The largest absolute Gasteiger partial charge is 0.371 e. The van der Waals surface area contributed by atoms with Crippen molar-refractivity contribution in [2.24, 2.45) is 11.7 Å². The van der Waals surface area contributed by atoms with Gasteiger partial charge in [-0.15, -0.1) is 0 Å². The number of anilines is 1.